The molecule has 5 heteroatoms. The summed E-state index contributed by atoms with van der Waals surface area (Å²) in [5, 5.41) is 10.7. The normalized spacial score (nSPS) is 42.2. The van der Waals surface area contributed by atoms with E-state index in [-0.39, 0.29) is 11.8 Å². The summed E-state index contributed by atoms with van der Waals surface area (Å²) in [4.78, 5) is 33.7. The second-order valence-corrected chi connectivity index (χ2v) is 4.65. The van der Waals surface area contributed by atoms with E-state index in [9.17, 15) is 19.7 Å². The van der Waals surface area contributed by atoms with Crippen LogP contribution in [-0.2, 0) is 9.59 Å². The van der Waals surface area contributed by atoms with Gasteiger partial charge in [-0.25, -0.2) is 0 Å². The number of carbonyl (C=O) groups is 2. The maximum atomic E-state index is 11.9. The van der Waals surface area contributed by atoms with Crippen molar-refractivity contribution in [2.45, 2.75) is 19.9 Å². The summed E-state index contributed by atoms with van der Waals surface area (Å²) in [5.41, 5.74) is 0. The van der Waals surface area contributed by atoms with Crippen LogP contribution in [0.25, 0.3) is 0 Å². The van der Waals surface area contributed by atoms with E-state index in [1.807, 2.05) is 26.0 Å². The third kappa shape index (κ3) is 1.31. The van der Waals surface area contributed by atoms with Crippen molar-refractivity contribution in [2.75, 3.05) is 0 Å². The number of ketones is 2. The zero-order valence-electron chi connectivity index (χ0n) is 9.12. The van der Waals surface area contributed by atoms with Crippen LogP contribution in [0.15, 0.2) is 12.2 Å². The Morgan fingerprint density at radius 2 is 1.44 bits per heavy atom. The second kappa shape index (κ2) is 3.50. The highest BCUT2D eigenvalue weighted by Gasteiger charge is 2.59. The maximum absolute atomic E-state index is 11.9. The van der Waals surface area contributed by atoms with Gasteiger partial charge in [-0.15, -0.1) is 0 Å². The number of fused-ring (bicyclic) bond motifs is 1. The average Bonchev–Trinajstić information content (AvgIpc) is 2.46. The number of nitrogens with zero attached hydrogens (tertiary/aromatic N) is 1. The monoisotopic (exact) mass is 223 g/mol. The minimum Gasteiger partial charge on any atom is -0.291 e. The summed E-state index contributed by atoms with van der Waals surface area (Å²) in [6.45, 7) is 3.65. The molecule has 0 bridgehead atoms. The van der Waals surface area contributed by atoms with Gasteiger partial charge in [-0.05, 0) is 11.8 Å². The zero-order valence-corrected chi connectivity index (χ0v) is 9.12. The molecule has 0 aromatic heterocycles. The molecule has 0 aliphatic heterocycles. The third-order valence-corrected chi connectivity index (χ3v) is 3.64. The molecule has 1 saturated carbocycles. The summed E-state index contributed by atoms with van der Waals surface area (Å²) in [5.74, 6) is -2.18. The lowest BCUT2D eigenvalue weighted by Crippen LogP contribution is -2.33. The zero-order chi connectivity index (χ0) is 12.0. The van der Waals surface area contributed by atoms with Crippen LogP contribution >= 0.6 is 0 Å². The van der Waals surface area contributed by atoms with Crippen molar-refractivity contribution in [3.63, 3.8) is 0 Å². The Morgan fingerprint density at radius 3 is 1.75 bits per heavy atom. The number of allylic oxidation sites excluding steroid dienone is 2. The van der Waals surface area contributed by atoms with E-state index in [0.29, 0.717) is 0 Å². The summed E-state index contributed by atoms with van der Waals surface area (Å²) < 4.78 is 0. The largest absolute Gasteiger partial charge is 0.328 e. The average molecular weight is 223 g/mol. The SMILES string of the molecule is CC1C=CC(C)C2C(=O)C([N+](=O)[O-])C(=O)C12. The first-order valence-electron chi connectivity index (χ1n) is 5.34. The van der Waals surface area contributed by atoms with Crippen molar-refractivity contribution < 1.29 is 14.5 Å². The molecule has 2 aliphatic carbocycles. The lowest BCUT2D eigenvalue weighted by atomic mass is 9.73. The van der Waals surface area contributed by atoms with Crippen molar-refractivity contribution in [3.05, 3.63) is 22.3 Å². The number of hydrogen-bond donors (Lipinski definition) is 0. The van der Waals surface area contributed by atoms with Crippen LogP contribution in [0.4, 0.5) is 0 Å². The summed E-state index contributed by atoms with van der Waals surface area (Å²) in [6.07, 6.45) is 3.75. The molecule has 2 rings (SSSR count). The molecule has 0 aromatic rings. The van der Waals surface area contributed by atoms with Crippen LogP contribution in [0.5, 0.6) is 0 Å². The fourth-order valence-corrected chi connectivity index (χ4v) is 2.83. The molecule has 0 spiro atoms. The number of hydrogen-bond acceptors (Lipinski definition) is 4. The van der Waals surface area contributed by atoms with E-state index in [1.54, 1.807) is 0 Å². The summed E-state index contributed by atoms with van der Waals surface area (Å²) in [7, 11) is 0. The molecule has 1 fully saturated rings. The predicted molar refractivity (Wildman–Crippen MR) is 55.2 cm³/mol. The topological polar surface area (TPSA) is 77.3 Å². The molecule has 4 unspecified atom stereocenters. The Labute approximate surface area is 92.7 Å². The second-order valence-electron chi connectivity index (χ2n) is 4.65. The quantitative estimate of drug-likeness (QED) is 0.286. The fourth-order valence-electron chi connectivity index (χ4n) is 2.83. The molecule has 16 heavy (non-hydrogen) atoms. The van der Waals surface area contributed by atoms with Gasteiger partial charge in [-0.2, -0.15) is 0 Å². The molecule has 4 atom stereocenters. The first kappa shape index (κ1) is 11.0. The van der Waals surface area contributed by atoms with E-state index in [2.05, 4.69) is 0 Å². The Balaban J connectivity index is 2.43. The Morgan fingerprint density at radius 1 is 1.06 bits per heavy atom. The minimum absolute atomic E-state index is 0.0809. The highest BCUT2D eigenvalue weighted by molar-refractivity contribution is 6.14. The predicted octanol–water partition coefficient (Wildman–Crippen LogP) is 0.858. The standard InChI is InChI=1S/C11H13NO4/c1-5-3-4-6(2)8-7(5)10(13)9(11(8)14)12(15)16/h3-9H,1-2H3. The molecule has 0 saturated heterocycles. The molecular formula is C11H13NO4. The van der Waals surface area contributed by atoms with Gasteiger partial charge in [-0.1, -0.05) is 26.0 Å². The Kier molecular flexibility index (Phi) is 2.40. The molecular weight excluding hydrogens is 210 g/mol. The van der Waals surface area contributed by atoms with Crippen molar-refractivity contribution in [1.29, 1.82) is 0 Å². The lowest BCUT2D eigenvalue weighted by Gasteiger charge is -2.28. The van der Waals surface area contributed by atoms with Crippen LogP contribution in [-0.4, -0.2) is 22.5 Å². The molecule has 0 amide bonds. The third-order valence-electron chi connectivity index (χ3n) is 3.64. The molecule has 0 radical (unpaired) electrons. The van der Waals surface area contributed by atoms with Crippen LogP contribution in [0.2, 0.25) is 0 Å². The van der Waals surface area contributed by atoms with E-state index >= 15 is 0 Å². The minimum atomic E-state index is -1.63. The lowest BCUT2D eigenvalue weighted by molar-refractivity contribution is -0.492. The van der Waals surface area contributed by atoms with E-state index in [0.717, 1.165) is 0 Å². The van der Waals surface area contributed by atoms with E-state index in [1.165, 1.54) is 0 Å². The first-order chi connectivity index (χ1) is 7.45. The van der Waals surface area contributed by atoms with Gasteiger partial charge < -0.3 is 0 Å². The van der Waals surface area contributed by atoms with Crippen molar-refractivity contribution in [1.82, 2.24) is 0 Å². The molecule has 0 heterocycles. The van der Waals surface area contributed by atoms with Crippen LogP contribution < -0.4 is 0 Å². The van der Waals surface area contributed by atoms with Gasteiger partial charge in [0.25, 0.3) is 0 Å². The maximum Gasteiger partial charge on any atom is 0.328 e. The van der Waals surface area contributed by atoms with Gasteiger partial charge in [0.2, 0.25) is 11.6 Å². The highest BCUT2D eigenvalue weighted by Crippen LogP contribution is 2.41. The molecule has 5 nitrogen and oxygen atoms in total. The molecule has 86 valence electrons. The number of carbonyl (C=O) groups excluding carboxylic acids is 2. The van der Waals surface area contributed by atoms with Gasteiger partial charge in [0, 0.05) is 16.8 Å². The van der Waals surface area contributed by atoms with Gasteiger partial charge in [0.1, 0.15) is 0 Å². The smallest absolute Gasteiger partial charge is 0.291 e. The van der Waals surface area contributed by atoms with Crippen molar-refractivity contribution in [3.8, 4) is 0 Å². The van der Waals surface area contributed by atoms with Gasteiger partial charge in [-0.3, -0.25) is 19.7 Å². The summed E-state index contributed by atoms with van der Waals surface area (Å²) in [6, 6.07) is -1.63. The van der Waals surface area contributed by atoms with Crippen molar-refractivity contribution in [2.24, 2.45) is 23.7 Å². The van der Waals surface area contributed by atoms with Gasteiger partial charge in [0.05, 0.1) is 0 Å². The van der Waals surface area contributed by atoms with Gasteiger partial charge >= 0.3 is 6.04 Å². The Bertz CT molecular complexity index is 371. The number of nitro groups is 1. The van der Waals surface area contributed by atoms with Crippen LogP contribution in [0.3, 0.4) is 0 Å². The van der Waals surface area contributed by atoms with E-state index in [4.69, 9.17) is 0 Å². The van der Waals surface area contributed by atoms with Crippen LogP contribution in [0, 0.1) is 33.8 Å². The van der Waals surface area contributed by atoms with E-state index < -0.39 is 34.4 Å². The molecule has 0 aromatic carbocycles. The number of rotatable bonds is 1. The molecule has 2 aliphatic rings. The highest BCUT2D eigenvalue weighted by atomic mass is 16.6. The van der Waals surface area contributed by atoms with Crippen molar-refractivity contribution >= 4 is 11.6 Å². The number of Topliss-reactive ketones (excluding diaryl/α,β-unsaturated/α-hetero) is 2. The Hall–Kier alpha value is -1.52. The fraction of sp³-hybridized carbons (Fsp3) is 0.636. The first-order valence-corrected chi connectivity index (χ1v) is 5.34. The summed E-state index contributed by atoms with van der Waals surface area (Å²) >= 11 is 0. The molecule has 0 N–H and O–H groups in total. The van der Waals surface area contributed by atoms with Gasteiger partial charge in [0.15, 0.2) is 0 Å². The van der Waals surface area contributed by atoms with Crippen LogP contribution in [0.1, 0.15) is 13.8 Å².